The summed E-state index contributed by atoms with van der Waals surface area (Å²) in [5.41, 5.74) is 3.39. The normalized spacial score (nSPS) is 21.6. The van der Waals surface area contributed by atoms with E-state index in [9.17, 15) is 4.79 Å². The average molecular weight is 427 g/mol. The van der Waals surface area contributed by atoms with Gasteiger partial charge in [-0.25, -0.2) is 4.98 Å². The van der Waals surface area contributed by atoms with Gasteiger partial charge in [0.05, 0.1) is 10.7 Å². The molecule has 1 unspecified atom stereocenters. The second-order valence-electron chi connectivity index (χ2n) is 8.91. The van der Waals surface area contributed by atoms with Crippen molar-refractivity contribution in [3.05, 3.63) is 45.9 Å². The van der Waals surface area contributed by atoms with Gasteiger partial charge >= 0.3 is 0 Å². The highest BCUT2D eigenvalue weighted by Gasteiger charge is 2.25. The summed E-state index contributed by atoms with van der Waals surface area (Å²) in [6, 6.07) is 9.11. The molecule has 0 bridgehead atoms. The number of nitrogens with zero attached hydrogens (tertiary/aromatic N) is 3. The molecule has 1 amide bonds. The van der Waals surface area contributed by atoms with Crippen LogP contribution in [0.4, 0.5) is 5.69 Å². The number of hydrogen-bond donors (Lipinski definition) is 1. The van der Waals surface area contributed by atoms with Crippen molar-refractivity contribution in [2.45, 2.75) is 65.1 Å². The predicted octanol–water partition coefficient (Wildman–Crippen LogP) is 4.68. The molecule has 2 aliphatic rings. The molecule has 2 saturated heterocycles. The third-order valence-corrected chi connectivity index (χ3v) is 7.38. The Morgan fingerprint density at radius 3 is 2.53 bits per heavy atom. The van der Waals surface area contributed by atoms with Gasteiger partial charge in [-0.05, 0) is 76.9 Å². The highest BCUT2D eigenvalue weighted by Crippen LogP contribution is 2.23. The molecule has 2 aromatic rings. The number of benzene rings is 1. The van der Waals surface area contributed by atoms with Gasteiger partial charge in [0.2, 0.25) is 5.91 Å². The highest BCUT2D eigenvalue weighted by molar-refractivity contribution is 7.09. The Kier molecular flexibility index (Phi) is 7.18. The van der Waals surface area contributed by atoms with E-state index < -0.39 is 0 Å². The van der Waals surface area contributed by atoms with Gasteiger partial charge in [-0.15, -0.1) is 11.3 Å². The summed E-state index contributed by atoms with van der Waals surface area (Å²) in [5.74, 6) is 0.267. The number of carbonyl (C=O) groups is 1. The Hall–Kier alpha value is -1.76. The number of nitrogens with one attached hydrogen (secondary N) is 1. The summed E-state index contributed by atoms with van der Waals surface area (Å²) in [5, 5.41) is 6.40. The van der Waals surface area contributed by atoms with Crippen molar-refractivity contribution in [3.8, 4) is 0 Å². The minimum Gasteiger partial charge on any atom is -0.326 e. The van der Waals surface area contributed by atoms with Gasteiger partial charge < -0.3 is 5.32 Å². The van der Waals surface area contributed by atoms with Gasteiger partial charge in [0.1, 0.15) is 0 Å². The number of likely N-dealkylation sites (tertiary alicyclic amines) is 2. The first-order valence-corrected chi connectivity index (χ1v) is 12.2. The lowest BCUT2D eigenvalue weighted by Crippen LogP contribution is -2.37. The Balaban J connectivity index is 1.23. The van der Waals surface area contributed by atoms with Gasteiger partial charge in [0.15, 0.2) is 0 Å². The maximum absolute atomic E-state index is 12.7. The maximum atomic E-state index is 12.7. The second kappa shape index (κ2) is 10.0. The molecule has 5 nitrogen and oxygen atoms in total. The van der Waals surface area contributed by atoms with Crippen LogP contribution in [0.1, 0.15) is 55.3 Å². The first-order valence-electron chi connectivity index (χ1n) is 11.3. The van der Waals surface area contributed by atoms with Gasteiger partial charge in [0.25, 0.3) is 0 Å². The second-order valence-corrected chi connectivity index (χ2v) is 9.97. The molecule has 0 saturated carbocycles. The summed E-state index contributed by atoms with van der Waals surface area (Å²) in [7, 11) is 0. The van der Waals surface area contributed by atoms with Crippen LogP contribution in [0.3, 0.4) is 0 Å². The van der Waals surface area contributed by atoms with Crippen molar-refractivity contribution < 1.29 is 4.79 Å². The quantitative estimate of drug-likeness (QED) is 0.729. The van der Waals surface area contributed by atoms with Crippen LogP contribution in [0, 0.1) is 12.8 Å². The molecule has 0 aliphatic carbocycles. The Morgan fingerprint density at radius 2 is 1.87 bits per heavy atom. The molecule has 2 aliphatic heterocycles. The van der Waals surface area contributed by atoms with Gasteiger partial charge in [-0.1, -0.05) is 18.6 Å². The molecular formula is C24H34N4OS. The summed E-state index contributed by atoms with van der Waals surface area (Å²) >= 11 is 1.71. The summed E-state index contributed by atoms with van der Waals surface area (Å²) in [6.07, 6.45) is 5.79. The molecule has 1 atom stereocenters. The summed E-state index contributed by atoms with van der Waals surface area (Å²) in [6.45, 7) is 9.40. The fourth-order valence-corrected chi connectivity index (χ4v) is 5.23. The molecule has 4 rings (SSSR count). The number of hydrogen-bond acceptors (Lipinski definition) is 5. The Labute approximate surface area is 184 Å². The fourth-order valence-electron chi connectivity index (χ4n) is 4.63. The molecule has 1 aromatic carbocycles. The van der Waals surface area contributed by atoms with Crippen molar-refractivity contribution in [1.29, 1.82) is 0 Å². The van der Waals surface area contributed by atoms with E-state index in [2.05, 4.69) is 56.7 Å². The van der Waals surface area contributed by atoms with E-state index in [1.54, 1.807) is 11.3 Å². The van der Waals surface area contributed by atoms with Crippen LogP contribution in [0.15, 0.2) is 29.6 Å². The van der Waals surface area contributed by atoms with E-state index in [1.807, 2.05) is 6.92 Å². The third kappa shape index (κ3) is 5.68. The van der Waals surface area contributed by atoms with Crippen molar-refractivity contribution in [2.75, 3.05) is 25.0 Å². The van der Waals surface area contributed by atoms with E-state index in [0.29, 0.717) is 6.04 Å². The first kappa shape index (κ1) is 21.5. The zero-order chi connectivity index (χ0) is 20.9. The van der Waals surface area contributed by atoms with E-state index in [1.165, 1.54) is 31.4 Å². The maximum Gasteiger partial charge on any atom is 0.227 e. The largest absolute Gasteiger partial charge is 0.326 e. The molecule has 1 aromatic heterocycles. The molecule has 30 heavy (non-hydrogen) atoms. The van der Waals surface area contributed by atoms with Crippen LogP contribution in [0.25, 0.3) is 0 Å². The molecule has 1 N–H and O–H groups in total. The minimum atomic E-state index is 0.104. The third-order valence-electron chi connectivity index (χ3n) is 6.56. The lowest BCUT2D eigenvalue weighted by Gasteiger charge is -2.33. The van der Waals surface area contributed by atoms with Crippen LogP contribution in [-0.2, 0) is 17.9 Å². The number of aromatic nitrogens is 1. The predicted molar refractivity (Wildman–Crippen MR) is 124 cm³/mol. The van der Waals surface area contributed by atoms with Gasteiger partial charge in [-0.2, -0.15) is 0 Å². The molecule has 3 heterocycles. The van der Waals surface area contributed by atoms with Crippen LogP contribution in [0.5, 0.6) is 0 Å². The smallest absolute Gasteiger partial charge is 0.227 e. The summed E-state index contributed by atoms with van der Waals surface area (Å²) in [4.78, 5) is 22.3. The van der Waals surface area contributed by atoms with Gasteiger partial charge in [0, 0.05) is 36.1 Å². The van der Waals surface area contributed by atoms with Crippen molar-refractivity contribution in [3.63, 3.8) is 0 Å². The minimum absolute atomic E-state index is 0.104. The van der Waals surface area contributed by atoms with E-state index in [4.69, 9.17) is 0 Å². The SMILES string of the molecule is Cc1nc(CN2CCC(C(=O)Nc3ccc(CN4CCCCC4C)cc3)CC2)cs1. The number of anilines is 1. The highest BCUT2D eigenvalue weighted by atomic mass is 32.1. The number of piperidine rings is 2. The van der Waals surface area contributed by atoms with Crippen LogP contribution in [0.2, 0.25) is 0 Å². The van der Waals surface area contributed by atoms with Crippen LogP contribution in [-0.4, -0.2) is 46.4 Å². The number of rotatable bonds is 6. The first-order chi connectivity index (χ1) is 14.6. The Morgan fingerprint density at radius 1 is 1.10 bits per heavy atom. The van der Waals surface area contributed by atoms with E-state index in [-0.39, 0.29) is 11.8 Å². The molecule has 0 spiro atoms. The van der Waals surface area contributed by atoms with E-state index >= 15 is 0 Å². The lowest BCUT2D eigenvalue weighted by molar-refractivity contribution is -0.121. The fraction of sp³-hybridized carbons (Fsp3) is 0.583. The molecular weight excluding hydrogens is 392 g/mol. The molecule has 162 valence electrons. The number of aryl methyl sites for hydroxylation is 1. The molecule has 2 fully saturated rings. The van der Waals surface area contributed by atoms with Gasteiger partial charge in [-0.3, -0.25) is 14.6 Å². The zero-order valence-electron chi connectivity index (χ0n) is 18.3. The van der Waals surface area contributed by atoms with Crippen LogP contribution >= 0.6 is 11.3 Å². The monoisotopic (exact) mass is 426 g/mol. The standard InChI is InChI=1S/C24H34N4OS/c1-18-5-3-4-12-28(18)15-20-6-8-22(9-7-20)26-24(29)21-10-13-27(14-11-21)16-23-17-30-19(2)25-23/h6-9,17-18,21H,3-5,10-16H2,1-2H3,(H,26,29). The molecule has 0 radical (unpaired) electrons. The van der Waals surface area contributed by atoms with Crippen molar-refractivity contribution >= 4 is 22.9 Å². The zero-order valence-corrected chi connectivity index (χ0v) is 19.1. The van der Waals surface area contributed by atoms with E-state index in [0.717, 1.165) is 55.4 Å². The summed E-state index contributed by atoms with van der Waals surface area (Å²) < 4.78 is 0. The lowest BCUT2D eigenvalue weighted by atomic mass is 9.95. The average Bonchev–Trinajstić information content (AvgIpc) is 3.16. The number of amides is 1. The number of carbonyl (C=O) groups excluding carboxylic acids is 1. The number of thiazole rings is 1. The van der Waals surface area contributed by atoms with Crippen LogP contribution < -0.4 is 5.32 Å². The molecule has 6 heteroatoms. The van der Waals surface area contributed by atoms with Crippen molar-refractivity contribution in [1.82, 2.24) is 14.8 Å². The van der Waals surface area contributed by atoms with Crippen molar-refractivity contribution in [2.24, 2.45) is 5.92 Å². The Bertz CT molecular complexity index is 826. The topological polar surface area (TPSA) is 48.5 Å².